The lowest BCUT2D eigenvalue weighted by Gasteiger charge is -2.10. The summed E-state index contributed by atoms with van der Waals surface area (Å²) < 4.78 is 39.3. The van der Waals surface area contributed by atoms with Crippen molar-refractivity contribution in [3.05, 3.63) is 69.9 Å². The monoisotopic (exact) mass is 367 g/mol. The molecule has 2 aromatic carbocycles. The first-order valence-electron chi connectivity index (χ1n) is 7.37. The molecule has 3 rings (SSSR count). The van der Waals surface area contributed by atoms with Gasteiger partial charge in [-0.2, -0.15) is 13.2 Å². The molecular formula is C18H13ClF3NO2. The molecule has 0 aliphatic heterocycles. The van der Waals surface area contributed by atoms with Gasteiger partial charge in [0.2, 0.25) is 0 Å². The molecule has 0 fully saturated rings. The number of halogens is 4. The Kier molecular flexibility index (Phi) is 4.24. The lowest BCUT2D eigenvalue weighted by molar-refractivity contribution is -0.137. The van der Waals surface area contributed by atoms with Crippen LogP contribution in [-0.2, 0) is 12.6 Å². The Morgan fingerprint density at radius 3 is 2.48 bits per heavy atom. The van der Waals surface area contributed by atoms with Crippen molar-refractivity contribution in [2.75, 3.05) is 0 Å². The summed E-state index contributed by atoms with van der Waals surface area (Å²) in [6.07, 6.45) is -5.14. The number of nitrogens with zero attached hydrogens (tertiary/aromatic N) is 1. The second kappa shape index (κ2) is 6.11. The van der Waals surface area contributed by atoms with E-state index in [1.54, 1.807) is 25.1 Å². The van der Waals surface area contributed by atoms with Gasteiger partial charge in [0.25, 0.3) is 0 Å². The maximum absolute atomic E-state index is 12.7. The molecular weight excluding hydrogens is 355 g/mol. The van der Waals surface area contributed by atoms with E-state index in [1.807, 2.05) is 6.07 Å². The normalized spacial score (nSPS) is 11.9. The molecule has 7 heteroatoms. The highest BCUT2D eigenvalue weighted by Crippen LogP contribution is 2.33. The van der Waals surface area contributed by atoms with Gasteiger partial charge in [0.15, 0.2) is 0 Å². The van der Waals surface area contributed by atoms with Crippen molar-refractivity contribution in [2.24, 2.45) is 0 Å². The van der Waals surface area contributed by atoms with Crippen LogP contribution in [0.1, 0.15) is 22.4 Å². The highest BCUT2D eigenvalue weighted by molar-refractivity contribution is 6.31. The van der Waals surface area contributed by atoms with E-state index in [0.29, 0.717) is 23.2 Å². The number of alkyl halides is 3. The molecule has 25 heavy (non-hydrogen) atoms. The molecule has 0 atom stereocenters. The molecule has 3 aromatic rings. The van der Waals surface area contributed by atoms with Crippen LogP contribution < -0.4 is 0 Å². The Hall–Kier alpha value is -2.47. The quantitative estimate of drug-likeness (QED) is 0.627. The predicted molar refractivity (Wildman–Crippen MR) is 89.4 cm³/mol. The molecule has 0 aliphatic carbocycles. The van der Waals surface area contributed by atoms with E-state index < -0.39 is 17.8 Å². The summed E-state index contributed by atoms with van der Waals surface area (Å²) in [4.78, 5) is 11.3. The maximum atomic E-state index is 12.7. The number of rotatable bonds is 2. The van der Waals surface area contributed by atoms with Crippen LogP contribution >= 0.6 is 11.6 Å². The molecule has 0 amide bonds. The van der Waals surface area contributed by atoms with Gasteiger partial charge in [-0.3, -0.25) is 4.57 Å². The van der Waals surface area contributed by atoms with E-state index in [2.05, 4.69) is 0 Å². The summed E-state index contributed by atoms with van der Waals surface area (Å²) >= 11 is 5.99. The highest BCUT2D eigenvalue weighted by atomic mass is 35.5. The summed E-state index contributed by atoms with van der Waals surface area (Å²) in [5.41, 5.74) is 1.77. The van der Waals surface area contributed by atoms with Crippen LogP contribution in [0.2, 0.25) is 5.02 Å². The minimum Gasteiger partial charge on any atom is -0.464 e. The van der Waals surface area contributed by atoms with Crippen LogP contribution in [0.4, 0.5) is 18.0 Å². The van der Waals surface area contributed by atoms with Gasteiger partial charge in [-0.15, -0.1) is 0 Å². The van der Waals surface area contributed by atoms with Crippen molar-refractivity contribution in [1.82, 2.24) is 4.57 Å². The van der Waals surface area contributed by atoms with Crippen molar-refractivity contribution >= 4 is 28.6 Å². The van der Waals surface area contributed by atoms with Crippen LogP contribution in [0.25, 0.3) is 10.9 Å². The fourth-order valence-corrected chi connectivity index (χ4v) is 3.10. The van der Waals surface area contributed by atoms with E-state index in [4.69, 9.17) is 11.6 Å². The number of aryl methyl sites for hydroxylation is 1. The number of fused-ring (bicyclic) bond motifs is 1. The van der Waals surface area contributed by atoms with Crippen LogP contribution in [0.15, 0.2) is 42.5 Å². The molecule has 0 spiro atoms. The molecule has 0 bridgehead atoms. The molecule has 0 aliphatic rings. The van der Waals surface area contributed by atoms with Crippen molar-refractivity contribution in [1.29, 1.82) is 0 Å². The molecule has 0 unspecified atom stereocenters. The van der Waals surface area contributed by atoms with Crippen molar-refractivity contribution in [2.45, 2.75) is 19.5 Å². The Morgan fingerprint density at radius 1 is 1.16 bits per heavy atom. The standard InChI is InChI=1S/C18H13ClF3NO2/c1-10-6-13-8-11(2-5-16(13)23(10)17(24)25)7-12-3-4-14(9-15(12)19)18(20,21)22/h2-6,8-9H,7H2,1H3,(H,24,25). The molecule has 0 saturated heterocycles. The lowest BCUT2D eigenvalue weighted by Crippen LogP contribution is -2.08. The molecule has 1 N–H and O–H groups in total. The Labute approximate surface area is 146 Å². The Morgan fingerprint density at radius 2 is 1.88 bits per heavy atom. The van der Waals surface area contributed by atoms with Crippen LogP contribution in [0.3, 0.4) is 0 Å². The second-order valence-electron chi connectivity index (χ2n) is 5.78. The average Bonchev–Trinajstić information content (AvgIpc) is 2.83. The largest absolute Gasteiger partial charge is 0.464 e. The number of carboxylic acid groups (broad SMARTS) is 1. The minimum atomic E-state index is -4.43. The number of hydrogen-bond donors (Lipinski definition) is 1. The fraction of sp³-hybridized carbons (Fsp3) is 0.167. The van der Waals surface area contributed by atoms with E-state index in [0.717, 1.165) is 23.1 Å². The topological polar surface area (TPSA) is 42.2 Å². The fourth-order valence-electron chi connectivity index (χ4n) is 2.85. The molecule has 0 radical (unpaired) electrons. The maximum Gasteiger partial charge on any atom is 0.416 e. The van der Waals surface area contributed by atoms with Gasteiger partial charge < -0.3 is 5.11 Å². The third-order valence-corrected chi connectivity index (χ3v) is 4.37. The first-order valence-corrected chi connectivity index (χ1v) is 7.74. The summed E-state index contributed by atoms with van der Waals surface area (Å²) in [6, 6.07) is 10.3. The van der Waals surface area contributed by atoms with E-state index >= 15 is 0 Å². The van der Waals surface area contributed by atoms with Gasteiger partial charge >= 0.3 is 12.3 Å². The average molecular weight is 368 g/mol. The van der Waals surface area contributed by atoms with Gasteiger partial charge in [-0.1, -0.05) is 23.7 Å². The second-order valence-corrected chi connectivity index (χ2v) is 6.18. The minimum absolute atomic E-state index is 0.0502. The van der Waals surface area contributed by atoms with Gasteiger partial charge in [-0.05, 0) is 54.8 Å². The van der Waals surface area contributed by atoms with E-state index in [-0.39, 0.29) is 5.02 Å². The zero-order valence-electron chi connectivity index (χ0n) is 13.1. The molecule has 1 heterocycles. The van der Waals surface area contributed by atoms with Gasteiger partial charge in [-0.25, -0.2) is 4.79 Å². The van der Waals surface area contributed by atoms with Crippen molar-refractivity contribution in [3.63, 3.8) is 0 Å². The van der Waals surface area contributed by atoms with Crippen molar-refractivity contribution < 1.29 is 23.1 Å². The smallest absolute Gasteiger partial charge is 0.416 e. The lowest BCUT2D eigenvalue weighted by atomic mass is 10.0. The molecule has 0 saturated carbocycles. The zero-order valence-corrected chi connectivity index (χ0v) is 13.8. The highest BCUT2D eigenvalue weighted by Gasteiger charge is 2.30. The third kappa shape index (κ3) is 3.35. The van der Waals surface area contributed by atoms with E-state index in [9.17, 15) is 23.1 Å². The van der Waals surface area contributed by atoms with E-state index in [1.165, 1.54) is 10.6 Å². The summed E-state index contributed by atoms with van der Waals surface area (Å²) in [5, 5.41) is 10.0. The first kappa shape index (κ1) is 17.4. The number of aromatic nitrogens is 1. The SMILES string of the molecule is Cc1cc2cc(Cc3ccc(C(F)(F)F)cc3Cl)ccc2n1C(=O)O. The summed E-state index contributed by atoms with van der Waals surface area (Å²) in [7, 11) is 0. The van der Waals surface area contributed by atoms with Crippen LogP contribution in [0, 0.1) is 6.92 Å². The summed E-state index contributed by atoms with van der Waals surface area (Å²) in [6.45, 7) is 1.69. The summed E-state index contributed by atoms with van der Waals surface area (Å²) in [5.74, 6) is 0. The van der Waals surface area contributed by atoms with Crippen LogP contribution in [0.5, 0.6) is 0 Å². The first-order chi connectivity index (χ1) is 11.7. The third-order valence-electron chi connectivity index (χ3n) is 4.02. The Bertz CT molecular complexity index is 976. The predicted octanol–water partition coefficient (Wildman–Crippen LogP) is 5.74. The number of hydrogen-bond acceptors (Lipinski definition) is 1. The van der Waals surface area contributed by atoms with Gasteiger partial charge in [0.1, 0.15) is 0 Å². The number of carbonyl (C=O) groups is 1. The van der Waals surface area contributed by atoms with Crippen LogP contribution in [-0.4, -0.2) is 15.8 Å². The molecule has 1 aromatic heterocycles. The number of benzene rings is 2. The zero-order chi connectivity index (χ0) is 18.4. The van der Waals surface area contributed by atoms with Crippen molar-refractivity contribution in [3.8, 4) is 0 Å². The molecule has 3 nitrogen and oxygen atoms in total. The van der Waals surface area contributed by atoms with Gasteiger partial charge in [0.05, 0.1) is 11.1 Å². The van der Waals surface area contributed by atoms with Gasteiger partial charge in [0, 0.05) is 16.1 Å². The molecule has 130 valence electrons. The Balaban J connectivity index is 1.95.